The van der Waals surface area contributed by atoms with E-state index in [0.717, 1.165) is 105 Å². The quantitative estimate of drug-likeness (QED) is 0.102. The number of benzene rings is 4. The van der Waals surface area contributed by atoms with Gasteiger partial charge in [0.2, 0.25) is 15.9 Å². The van der Waals surface area contributed by atoms with Crippen molar-refractivity contribution in [1.29, 1.82) is 0 Å². The van der Waals surface area contributed by atoms with Crippen molar-refractivity contribution in [3.63, 3.8) is 0 Å². The summed E-state index contributed by atoms with van der Waals surface area (Å²) in [6.45, 7) is 25.7. The van der Waals surface area contributed by atoms with Crippen LogP contribution in [0.2, 0.25) is 15.9 Å². The molecule has 2 aromatic heterocycles. The lowest BCUT2D eigenvalue weighted by Crippen LogP contribution is -2.53. The van der Waals surface area contributed by atoms with E-state index in [1.165, 1.54) is 158 Å². The van der Waals surface area contributed by atoms with Gasteiger partial charge in [0.25, 0.3) is 0 Å². The Kier molecular flexibility index (Phi) is 22.4. The average molecular weight is 1390 g/mol. The van der Waals surface area contributed by atoms with Crippen molar-refractivity contribution in [2.75, 3.05) is 0 Å². The summed E-state index contributed by atoms with van der Waals surface area (Å²) in [5.74, 6) is 16.4. The second-order valence-corrected chi connectivity index (χ2v) is 35.6. The third kappa shape index (κ3) is 14.9. The van der Waals surface area contributed by atoms with E-state index in [4.69, 9.17) is 39.8 Å². The molecule has 8 saturated carbocycles. The predicted octanol–water partition coefficient (Wildman–Crippen LogP) is 25.6. The lowest BCUT2D eigenvalue weighted by Gasteiger charge is -2.61. The molecule has 0 N–H and O–H groups in total. The molecule has 6 nitrogen and oxygen atoms in total. The van der Waals surface area contributed by atoms with Crippen LogP contribution in [0.25, 0.3) is 34.2 Å². The first-order valence-electron chi connectivity index (χ1n) is 37.6. The minimum atomic E-state index is 0.101. The molecular weight excluding hydrogens is 1280 g/mol. The lowest BCUT2D eigenvalue weighted by molar-refractivity contribution is -0.117. The van der Waals surface area contributed by atoms with Crippen LogP contribution in [0.1, 0.15) is 246 Å². The molecule has 0 aliphatic heterocycles. The molecule has 2 unspecified atom stereocenters. The van der Waals surface area contributed by atoms with Crippen molar-refractivity contribution >= 4 is 50.7 Å². The second-order valence-electron chi connectivity index (χ2n) is 33.7. The molecule has 0 radical (unpaired) electrons. The normalized spacial score (nSPS) is 33.8. The first-order chi connectivity index (χ1) is 45.1. The number of aromatic nitrogens is 6. The molecule has 18 atom stereocenters. The summed E-state index contributed by atoms with van der Waals surface area (Å²) in [5.41, 5.74) is 8.24. The minimum absolute atomic E-state index is 0.101. The Morgan fingerprint density at radius 3 is 1.16 bits per heavy atom. The number of fused-ring (bicyclic) bond motifs is 10. The van der Waals surface area contributed by atoms with Gasteiger partial charge in [0.15, 0.2) is 17.5 Å². The molecule has 8 aliphatic carbocycles. The summed E-state index contributed by atoms with van der Waals surface area (Å²) in [6.07, 6.45) is 35.1. The highest BCUT2D eigenvalue weighted by atomic mass is 79.9. The van der Waals surface area contributed by atoms with Gasteiger partial charge in [0.05, 0.1) is 0 Å². The minimum Gasteiger partial charge on any atom is -0.208 e. The summed E-state index contributed by atoms with van der Waals surface area (Å²) in [7, 11) is 0. The molecular formula is C84H112BrCl3N6. The smallest absolute Gasteiger partial charge is 0.208 e. The van der Waals surface area contributed by atoms with E-state index < -0.39 is 0 Å². The van der Waals surface area contributed by atoms with Gasteiger partial charge < -0.3 is 0 Å². The monoisotopic (exact) mass is 1390 g/mol. The van der Waals surface area contributed by atoms with Crippen LogP contribution >= 0.6 is 50.7 Å². The second kappa shape index (κ2) is 30.0. The van der Waals surface area contributed by atoms with Crippen LogP contribution in [-0.2, 0) is 0 Å². The SMILES string of the molecule is CC(C)CCC[C@@H](C)[C@H]1CC[C@H]2[C@@H]3CC[C@H]4CC(c5ccc(-c6nc(Cl)nc(-c7ccccc7)n6)cc5)CC[C@]4(C)[C@H]3CC[C@]12C.CC(C)CCC[C@@H](C)[C@H]1CC[C@H]2[C@@H]3CC[C@H]4CC(c5ccc(Br)cc5)CC[C@]4(C)[C@H]3CC[C@]12C.Clc1nc(Cl)nc(-c2ccccc2)n1. The Labute approximate surface area is 590 Å². The molecule has 94 heavy (non-hydrogen) atoms. The molecule has 8 aliphatic rings. The van der Waals surface area contributed by atoms with Crippen LogP contribution < -0.4 is 0 Å². The fraction of sp³-hybridized carbons (Fsp3) is 0.643. The highest BCUT2D eigenvalue weighted by Gasteiger charge is 2.62. The van der Waals surface area contributed by atoms with Gasteiger partial charge in [-0.05, 0) is 290 Å². The molecule has 2 heterocycles. The summed E-state index contributed by atoms with van der Waals surface area (Å²) in [4.78, 5) is 25.2. The maximum absolute atomic E-state index is 6.35. The van der Waals surface area contributed by atoms with Crippen LogP contribution in [0.4, 0.5) is 0 Å². The van der Waals surface area contributed by atoms with Crippen molar-refractivity contribution in [3.05, 3.63) is 141 Å². The Morgan fingerprint density at radius 2 is 0.745 bits per heavy atom. The van der Waals surface area contributed by atoms with Crippen molar-refractivity contribution < 1.29 is 0 Å². The molecule has 14 rings (SSSR count). The first-order valence-corrected chi connectivity index (χ1v) is 39.5. The molecule has 0 saturated heterocycles. The summed E-state index contributed by atoms with van der Waals surface area (Å²) < 4.78 is 1.21. The van der Waals surface area contributed by atoms with Crippen molar-refractivity contribution in [2.24, 2.45) is 105 Å². The van der Waals surface area contributed by atoms with Crippen molar-refractivity contribution in [2.45, 2.75) is 235 Å². The molecule has 0 spiro atoms. The van der Waals surface area contributed by atoms with E-state index in [-0.39, 0.29) is 15.9 Å². The van der Waals surface area contributed by atoms with Crippen LogP contribution in [0, 0.1) is 105 Å². The zero-order chi connectivity index (χ0) is 66.1. The van der Waals surface area contributed by atoms with E-state index in [0.29, 0.717) is 45.1 Å². The zero-order valence-corrected chi connectivity index (χ0v) is 62.6. The number of hydrogen-bond acceptors (Lipinski definition) is 6. The fourth-order valence-electron chi connectivity index (χ4n) is 23.0. The van der Waals surface area contributed by atoms with E-state index in [1.807, 2.05) is 60.7 Å². The Hall–Kier alpha value is -3.75. The summed E-state index contributed by atoms with van der Waals surface area (Å²) in [5, 5.41) is 0.440. The van der Waals surface area contributed by atoms with E-state index in [2.05, 4.69) is 159 Å². The molecule has 4 aromatic carbocycles. The van der Waals surface area contributed by atoms with E-state index >= 15 is 0 Å². The number of rotatable bonds is 15. The van der Waals surface area contributed by atoms with Gasteiger partial charge in [0.1, 0.15) is 0 Å². The van der Waals surface area contributed by atoms with E-state index in [9.17, 15) is 0 Å². The molecule has 10 heteroatoms. The zero-order valence-electron chi connectivity index (χ0n) is 58.8. The lowest BCUT2D eigenvalue weighted by atomic mass is 9.43. The molecule has 6 aromatic rings. The highest BCUT2D eigenvalue weighted by molar-refractivity contribution is 9.10. The molecule has 0 amide bonds. The Morgan fingerprint density at radius 1 is 0.383 bits per heavy atom. The third-order valence-corrected chi connectivity index (χ3v) is 29.0. The summed E-state index contributed by atoms with van der Waals surface area (Å²) >= 11 is 21.3. The summed E-state index contributed by atoms with van der Waals surface area (Å²) in [6, 6.07) is 37.8. The Bertz CT molecular complexity index is 3420. The van der Waals surface area contributed by atoms with Gasteiger partial charge in [-0.3, -0.25) is 0 Å². The molecule has 0 bridgehead atoms. The highest BCUT2D eigenvalue weighted by Crippen LogP contribution is 2.71. The largest absolute Gasteiger partial charge is 0.227 e. The van der Waals surface area contributed by atoms with Crippen LogP contribution in [0.15, 0.2) is 114 Å². The third-order valence-electron chi connectivity index (χ3n) is 28.0. The van der Waals surface area contributed by atoms with Crippen molar-refractivity contribution in [1.82, 2.24) is 29.9 Å². The predicted molar refractivity (Wildman–Crippen MR) is 397 cm³/mol. The van der Waals surface area contributed by atoms with Gasteiger partial charge in [-0.15, -0.1) is 0 Å². The van der Waals surface area contributed by atoms with Gasteiger partial charge in [0, 0.05) is 21.2 Å². The van der Waals surface area contributed by atoms with Crippen LogP contribution in [0.5, 0.6) is 0 Å². The molecule has 506 valence electrons. The van der Waals surface area contributed by atoms with E-state index in [1.54, 1.807) is 12.0 Å². The topological polar surface area (TPSA) is 77.3 Å². The van der Waals surface area contributed by atoms with Crippen LogP contribution in [-0.4, -0.2) is 29.9 Å². The maximum Gasteiger partial charge on any atom is 0.227 e. The average Bonchev–Trinajstić information content (AvgIpc) is 1.47. The first kappa shape index (κ1) is 70.1. The van der Waals surface area contributed by atoms with Crippen LogP contribution in [0.3, 0.4) is 0 Å². The standard InChI is InChI=1S/C42H56ClN3.C33H51Br.C9H5Cl2N3/c1-27(2)10-9-11-28(3)35-20-21-36-34-19-18-33-26-32(22-24-41(33,4)37(34)23-25-42(35,36)5)29-14-16-31(17-15-29)39-44-38(45-40(43)46-39)30-12-7-6-8-13-30;1-22(2)7-6-8-23(3)29-15-16-30-28-14-11-26-21-25(24-9-12-27(34)13-10-24)17-19-32(26,4)31(28)18-20-33(29,30)5;10-8-12-7(13-9(11)14-8)6-4-2-1-3-5-6/h6-8,12-17,27-28,32-37H,9-11,18-26H2,1-5H3;9-10,12-13,22-23,25-26,28-31H,6-8,11,14-21H2,1-5H3;1-5H/t28-,32?,33+,34+,35-,36+,37+,41+,42-;23-,25?,26+,28+,29-,30+,31+,32+,33-;/m11./s1. The molecule has 8 fully saturated rings. The van der Waals surface area contributed by atoms with Crippen molar-refractivity contribution in [3.8, 4) is 34.2 Å². The van der Waals surface area contributed by atoms with Gasteiger partial charge in [-0.1, -0.05) is 221 Å². The van der Waals surface area contributed by atoms with Gasteiger partial charge in [-0.25, -0.2) is 4.98 Å². The fourth-order valence-corrected chi connectivity index (χ4v) is 23.8. The van der Waals surface area contributed by atoms with Gasteiger partial charge >= 0.3 is 0 Å². The number of nitrogens with zero attached hydrogens (tertiary/aromatic N) is 6. The van der Waals surface area contributed by atoms with Gasteiger partial charge in [-0.2, -0.15) is 24.9 Å². The maximum atomic E-state index is 6.35. The Balaban J connectivity index is 0.000000154. The number of hydrogen-bond donors (Lipinski definition) is 0. The number of halogens is 4.